The van der Waals surface area contributed by atoms with Crippen LogP contribution < -0.4 is 0 Å². The normalized spacial score (nSPS) is 20.1. The van der Waals surface area contributed by atoms with E-state index in [0.717, 1.165) is 51.1 Å². The van der Waals surface area contributed by atoms with Crippen LogP contribution in [-0.2, 0) is 24.8 Å². The highest BCUT2D eigenvalue weighted by Crippen LogP contribution is 2.41. The van der Waals surface area contributed by atoms with Crippen LogP contribution in [0.15, 0.2) is 36.9 Å². The summed E-state index contributed by atoms with van der Waals surface area (Å²) >= 11 is 0. The van der Waals surface area contributed by atoms with E-state index in [0.29, 0.717) is 11.8 Å². The number of aromatic nitrogens is 3. The molecule has 4 rings (SSSR count). The number of carbonyl (C=O) groups excluding carboxylic acids is 1. The number of likely N-dealkylation sites (tertiary alicyclic amines) is 2. The summed E-state index contributed by atoms with van der Waals surface area (Å²) < 4.78 is 1.87. The average molecular weight is 367 g/mol. The smallest absolute Gasteiger partial charge is 0.227 e. The molecule has 1 amide bonds. The molecule has 6 nitrogen and oxygen atoms in total. The van der Waals surface area contributed by atoms with Crippen LogP contribution in [0.2, 0.25) is 0 Å². The van der Waals surface area contributed by atoms with Crippen molar-refractivity contribution in [3.05, 3.63) is 48.0 Å². The van der Waals surface area contributed by atoms with Gasteiger partial charge in [-0.2, -0.15) is 5.10 Å². The van der Waals surface area contributed by atoms with Crippen LogP contribution in [0.3, 0.4) is 0 Å². The van der Waals surface area contributed by atoms with Gasteiger partial charge in [-0.3, -0.25) is 19.4 Å². The molecule has 2 aliphatic heterocycles. The van der Waals surface area contributed by atoms with E-state index in [1.807, 2.05) is 30.1 Å². The quantitative estimate of drug-likeness (QED) is 0.832. The molecule has 2 saturated heterocycles. The second-order valence-corrected chi connectivity index (χ2v) is 8.22. The summed E-state index contributed by atoms with van der Waals surface area (Å²) in [5.41, 5.74) is 2.74. The summed E-state index contributed by atoms with van der Waals surface area (Å²) in [5, 5.41) is 4.27. The van der Waals surface area contributed by atoms with E-state index < -0.39 is 0 Å². The van der Waals surface area contributed by atoms with Gasteiger partial charge in [0, 0.05) is 50.8 Å². The Bertz CT molecular complexity index is 754. The highest BCUT2D eigenvalue weighted by Gasteiger charge is 2.38. The number of hydrogen-bond donors (Lipinski definition) is 0. The van der Waals surface area contributed by atoms with Gasteiger partial charge in [0.1, 0.15) is 0 Å². The van der Waals surface area contributed by atoms with Crippen molar-refractivity contribution in [3.63, 3.8) is 0 Å². The fourth-order valence-electron chi connectivity index (χ4n) is 4.52. The predicted molar refractivity (Wildman–Crippen MR) is 104 cm³/mol. The molecule has 2 fully saturated rings. The molecule has 2 aliphatic rings. The Kier molecular flexibility index (Phi) is 5.25. The second-order valence-electron chi connectivity index (χ2n) is 8.22. The van der Waals surface area contributed by atoms with Gasteiger partial charge in [0.2, 0.25) is 5.91 Å². The largest absolute Gasteiger partial charge is 0.342 e. The van der Waals surface area contributed by atoms with Crippen LogP contribution in [0, 0.1) is 5.41 Å². The fraction of sp³-hybridized carbons (Fsp3) is 0.571. The van der Waals surface area contributed by atoms with E-state index in [-0.39, 0.29) is 5.91 Å². The van der Waals surface area contributed by atoms with Crippen LogP contribution in [0.1, 0.15) is 36.8 Å². The van der Waals surface area contributed by atoms with Gasteiger partial charge in [-0.1, -0.05) is 6.07 Å². The highest BCUT2D eigenvalue weighted by atomic mass is 16.2. The summed E-state index contributed by atoms with van der Waals surface area (Å²) in [4.78, 5) is 21.3. The molecule has 1 spiro atoms. The SMILES string of the molecule is Cn1cc(CN2CCC3(CC2)CCN(C(=O)Cc2cccnc2)CC3)cn1. The maximum absolute atomic E-state index is 12.6. The number of pyridine rings is 1. The third kappa shape index (κ3) is 4.38. The van der Waals surface area contributed by atoms with Crippen LogP contribution in [0.5, 0.6) is 0 Å². The predicted octanol–water partition coefficient (Wildman–Crippen LogP) is 2.26. The van der Waals surface area contributed by atoms with Crippen molar-refractivity contribution in [1.82, 2.24) is 24.6 Å². The molecule has 27 heavy (non-hydrogen) atoms. The summed E-state index contributed by atoms with van der Waals surface area (Å²) in [5.74, 6) is 0.242. The molecule has 0 aliphatic carbocycles. The molecule has 0 saturated carbocycles. The average Bonchev–Trinajstić information content (AvgIpc) is 3.10. The Hall–Kier alpha value is -2.21. The zero-order valence-electron chi connectivity index (χ0n) is 16.2. The first-order valence-electron chi connectivity index (χ1n) is 9.99. The van der Waals surface area contributed by atoms with E-state index >= 15 is 0 Å². The molecule has 0 bridgehead atoms. The van der Waals surface area contributed by atoms with Crippen LogP contribution in [0.4, 0.5) is 0 Å². The standard InChI is InChI=1S/C21H29N5O/c1-24-16-19(15-23-24)17-25-9-4-21(5-10-25)6-11-26(12-7-21)20(27)13-18-3-2-8-22-14-18/h2-3,8,14-16H,4-7,9-13,17H2,1H3. The first-order valence-corrected chi connectivity index (χ1v) is 9.99. The zero-order valence-corrected chi connectivity index (χ0v) is 16.2. The Morgan fingerprint density at radius 1 is 1.07 bits per heavy atom. The molecule has 4 heterocycles. The van der Waals surface area contributed by atoms with E-state index in [2.05, 4.69) is 26.1 Å². The molecule has 0 radical (unpaired) electrons. The van der Waals surface area contributed by atoms with Gasteiger partial charge in [0.05, 0.1) is 12.6 Å². The molecule has 144 valence electrons. The first kappa shape index (κ1) is 18.2. The molecular weight excluding hydrogens is 338 g/mol. The number of amides is 1. The van der Waals surface area contributed by atoms with Gasteiger partial charge in [-0.15, -0.1) is 0 Å². The van der Waals surface area contributed by atoms with E-state index in [1.54, 1.807) is 12.4 Å². The first-order chi connectivity index (χ1) is 13.1. The van der Waals surface area contributed by atoms with Gasteiger partial charge in [0.15, 0.2) is 0 Å². The minimum atomic E-state index is 0.242. The topological polar surface area (TPSA) is 54.3 Å². The lowest BCUT2D eigenvalue weighted by molar-refractivity contribution is -0.133. The summed E-state index contributed by atoms with van der Waals surface area (Å²) in [6, 6.07) is 3.88. The van der Waals surface area contributed by atoms with Crippen LogP contribution in [0.25, 0.3) is 0 Å². The Labute approximate surface area is 161 Å². The lowest BCUT2D eigenvalue weighted by atomic mass is 9.71. The van der Waals surface area contributed by atoms with Gasteiger partial charge in [0.25, 0.3) is 0 Å². The molecular formula is C21H29N5O. The van der Waals surface area contributed by atoms with Crippen LogP contribution in [-0.4, -0.2) is 56.7 Å². The minimum absolute atomic E-state index is 0.242. The number of rotatable bonds is 4. The van der Waals surface area contributed by atoms with Gasteiger partial charge < -0.3 is 4.90 Å². The van der Waals surface area contributed by atoms with E-state index in [9.17, 15) is 4.79 Å². The Morgan fingerprint density at radius 3 is 2.44 bits per heavy atom. The zero-order chi connectivity index (χ0) is 18.7. The van der Waals surface area contributed by atoms with Crippen molar-refractivity contribution in [3.8, 4) is 0 Å². The number of aryl methyl sites for hydroxylation is 1. The van der Waals surface area contributed by atoms with Gasteiger partial charge >= 0.3 is 0 Å². The van der Waals surface area contributed by atoms with Crippen molar-refractivity contribution < 1.29 is 4.79 Å². The second kappa shape index (κ2) is 7.80. The van der Waals surface area contributed by atoms with Crippen molar-refractivity contribution in [2.75, 3.05) is 26.2 Å². The maximum atomic E-state index is 12.6. The number of nitrogens with zero attached hydrogens (tertiary/aromatic N) is 5. The van der Waals surface area contributed by atoms with Crippen LogP contribution >= 0.6 is 0 Å². The Morgan fingerprint density at radius 2 is 1.81 bits per heavy atom. The molecule has 0 N–H and O–H groups in total. The highest BCUT2D eigenvalue weighted by molar-refractivity contribution is 5.78. The summed E-state index contributed by atoms with van der Waals surface area (Å²) in [7, 11) is 1.97. The van der Waals surface area contributed by atoms with E-state index in [1.165, 1.54) is 18.4 Å². The fourth-order valence-corrected chi connectivity index (χ4v) is 4.52. The van der Waals surface area contributed by atoms with E-state index in [4.69, 9.17) is 0 Å². The van der Waals surface area contributed by atoms with Gasteiger partial charge in [-0.25, -0.2) is 0 Å². The molecule has 6 heteroatoms. The van der Waals surface area contributed by atoms with Crippen molar-refractivity contribution >= 4 is 5.91 Å². The van der Waals surface area contributed by atoms with Crippen molar-refractivity contribution in [1.29, 1.82) is 0 Å². The number of hydrogen-bond acceptors (Lipinski definition) is 4. The summed E-state index contributed by atoms with van der Waals surface area (Å²) in [6.07, 6.45) is 12.9. The number of carbonyl (C=O) groups is 1. The summed E-state index contributed by atoms with van der Waals surface area (Å²) in [6.45, 7) is 5.11. The molecule has 2 aromatic heterocycles. The Balaban J connectivity index is 1.25. The van der Waals surface area contributed by atoms with Crippen molar-refractivity contribution in [2.45, 2.75) is 38.6 Å². The minimum Gasteiger partial charge on any atom is -0.342 e. The lowest BCUT2D eigenvalue weighted by Gasteiger charge is -2.47. The lowest BCUT2D eigenvalue weighted by Crippen LogP contribution is -2.48. The molecule has 0 aromatic carbocycles. The van der Waals surface area contributed by atoms with Gasteiger partial charge in [-0.05, 0) is 55.8 Å². The maximum Gasteiger partial charge on any atom is 0.227 e. The molecule has 0 atom stereocenters. The molecule has 0 unspecified atom stereocenters. The molecule has 2 aromatic rings. The monoisotopic (exact) mass is 367 g/mol. The third-order valence-electron chi connectivity index (χ3n) is 6.34. The third-order valence-corrected chi connectivity index (χ3v) is 6.34. The van der Waals surface area contributed by atoms with Crippen molar-refractivity contribution in [2.24, 2.45) is 12.5 Å². The number of piperidine rings is 2.